The maximum atomic E-state index is 12.3. The van der Waals surface area contributed by atoms with Gasteiger partial charge in [-0.25, -0.2) is 0 Å². The molecule has 3 aromatic rings. The van der Waals surface area contributed by atoms with Crippen molar-refractivity contribution in [3.05, 3.63) is 101 Å². The molecule has 6 heteroatoms. The Morgan fingerprint density at radius 2 is 1.70 bits per heavy atom. The van der Waals surface area contributed by atoms with Crippen molar-refractivity contribution in [3.63, 3.8) is 0 Å². The van der Waals surface area contributed by atoms with Gasteiger partial charge in [0, 0.05) is 12.2 Å². The van der Waals surface area contributed by atoms with E-state index in [1.165, 1.54) is 6.08 Å². The number of ether oxygens (including phenoxy) is 1. The zero-order valence-electron chi connectivity index (χ0n) is 18.6. The highest BCUT2D eigenvalue weighted by molar-refractivity contribution is 6.01. The normalized spacial score (nSPS) is 10.8. The molecule has 0 aliphatic carbocycles. The van der Waals surface area contributed by atoms with Crippen LogP contribution in [-0.4, -0.2) is 18.4 Å². The van der Waals surface area contributed by atoms with Gasteiger partial charge in [-0.1, -0.05) is 48.5 Å². The van der Waals surface area contributed by atoms with E-state index >= 15 is 0 Å². The lowest BCUT2D eigenvalue weighted by Crippen LogP contribution is -2.23. The fourth-order valence-corrected chi connectivity index (χ4v) is 3.01. The maximum Gasteiger partial charge on any atom is 0.262 e. The molecule has 3 aromatic carbocycles. The van der Waals surface area contributed by atoms with E-state index in [9.17, 15) is 14.9 Å². The van der Waals surface area contributed by atoms with Crippen molar-refractivity contribution < 1.29 is 14.3 Å². The summed E-state index contributed by atoms with van der Waals surface area (Å²) >= 11 is 0. The highest BCUT2D eigenvalue weighted by atomic mass is 16.5. The summed E-state index contributed by atoms with van der Waals surface area (Å²) in [4.78, 5) is 24.5. The number of hydrogen-bond acceptors (Lipinski definition) is 4. The van der Waals surface area contributed by atoms with Crippen molar-refractivity contribution in [1.82, 2.24) is 5.32 Å². The number of carbonyl (C=O) groups is 2. The number of anilines is 1. The summed E-state index contributed by atoms with van der Waals surface area (Å²) in [6, 6.07) is 23.9. The van der Waals surface area contributed by atoms with Gasteiger partial charge in [-0.05, 0) is 66.4 Å². The number of amides is 2. The molecule has 0 heterocycles. The SMILES string of the molecule is Cc1ccc(NC(=O)COc2ccc(/C=C(\C#N)C(=O)NCc3ccccc3)cc2)cc1C. The van der Waals surface area contributed by atoms with Crippen LogP contribution in [0.3, 0.4) is 0 Å². The highest BCUT2D eigenvalue weighted by Crippen LogP contribution is 2.16. The number of nitrogens with zero attached hydrogens (tertiary/aromatic N) is 1. The lowest BCUT2D eigenvalue weighted by molar-refractivity contribution is -0.118. The first-order valence-corrected chi connectivity index (χ1v) is 10.5. The molecular formula is C27H25N3O3. The van der Waals surface area contributed by atoms with Crippen LogP contribution in [0.1, 0.15) is 22.3 Å². The molecule has 0 aromatic heterocycles. The van der Waals surface area contributed by atoms with Crippen LogP contribution in [0, 0.1) is 25.2 Å². The second kappa shape index (κ2) is 11.3. The zero-order chi connectivity index (χ0) is 23.6. The molecule has 0 aliphatic rings. The second-order valence-electron chi connectivity index (χ2n) is 7.54. The Bertz CT molecular complexity index is 1190. The van der Waals surface area contributed by atoms with E-state index < -0.39 is 5.91 Å². The third kappa shape index (κ3) is 7.08. The van der Waals surface area contributed by atoms with E-state index in [0.29, 0.717) is 17.9 Å². The molecule has 0 bridgehead atoms. The third-order valence-electron chi connectivity index (χ3n) is 5.01. The molecule has 0 aliphatic heterocycles. The van der Waals surface area contributed by atoms with Crippen molar-refractivity contribution in [2.24, 2.45) is 0 Å². The minimum Gasteiger partial charge on any atom is -0.484 e. The van der Waals surface area contributed by atoms with Gasteiger partial charge in [0.2, 0.25) is 0 Å². The van der Waals surface area contributed by atoms with Crippen LogP contribution in [0.2, 0.25) is 0 Å². The van der Waals surface area contributed by atoms with Crippen LogP contribution < -0.4 is 15.4 Å². The first-order chi connectivity index (χ1) is 15.9. The van der Waals surface area contributed by atoms with E-state index in [-0.39, 0.29) is 18.1 Å². The number of hydrogen-bond donors (Lipinski definition) is 2. The van der Waals surface area contributed by atoms with Gasteiger partial charge in [-0.15, -0.1) is 0 Å². The quantitative estimate of drug-likeness (QED) is 0.398. The average Bonchev–Trinajstić information content (AvgIpc) is 2.83. The van der Waals surface area contributed by atoms with Gasteiger partial charge in [-0.2, -0.15) is 5.26 Å². The van der Waals surface area contributed by atoms with Gasteiger partial charge < -0.3 is 15.4 Å². The lowest BCUT2D eigenvalue weighted by atomic mass is 10.1. The van der Waals surface area contributed by atoms with Gasteiger partial charge >= 0.3 is 0 Å². The second-order valence-corrected chi connectivity index (χ2v) is 7.54. The predicted molar refractivity (Wildman–Crippen MR) is 128 cm³/mol. The molecule has 3 rings (SSSR count). The topological polar surface area (TPSA) is 91.2 Å². The predicted octanol–water partition coefficient (Wildman–Crippen LogP) is 4.54. The largest absolute Gasteiger partial charge is 0.484 e. The van der Waals surface area contributed by atoms with Crippen molar-refractivity contribution in [2.45, 2.75) is 20.4 Å². The molecule has 0 saturated heterocycles. The number of benzene rings is 3. The first-order valence-electron chi connectivity index (χ1n) is 10.5. The van der Waals surface area contributed by atoms with Crippen LogP contribution in [0.25, 0.3) is 6.08 Å². The number of rotatable bonds is 8. The molecule has 0 unspecified atom stereocenters. The standard InChI is InChI=1S/C27H25N3O3/c1-19-8-11-24(14-20(19)2)30-26(31)18-33-25-12-9-21(10-13-25)15-23(16-28)27(32)29-17-22-6-4-3-5-7-22/h3-15H,17-18H2,1-2H3,(H,29,32)(H,30,31)/b23-15+. The summed E-state index contributed by atoms with van der Waals surface area (Å²) in [5, 5.41) is 14.9. The number of aryl methyl sites for hydroxylation is 2. The average molecular weight is 440 g/mol. The number of carbonyl (C=O) groups excluding carboxylic acids is 2. The molecule has 0 spiro atoms. The summed E-state index contributed by atoms with van der Waals surface area (Å²) in [6.45, 7) is 4.21. The Morgan fingerprint density at radius 1 is 0.970 bits per heavy atom. The fraction of sp³-hybridized carbons (Fsp3) is 0.148. The Kier molecular flexibility index (Phi) is 7.98. The van der Waals surface area contributed by atoms with Crippen molar-refractivity contribution in [2.75, 3.05) is 11.9 Å². The molecular weight excluding hydrogens is 414 g/mol. The summed E-state index contributed by atoms with van der Waals surface area (Å²) < 4.78 is 5.54. The minimum absolute atomic E-state index is 0.00682. The van der Waals surface area contributed by atoms with Crippen LogP contribution in [0.15, 0.2) is 78.4 Å². The molecule has 166 valence electrons. The molecule has 0 saturated carbocycles. The molecule has 33 heavy (non-hydrogen) atoms. The summed E-state index contributed by atoms with van der Waals surface area (Å²) in [6.07, 6.45) is 1.51. The van der Waals surface area contributed by atoms with E-state index in [1.807, 2.05) is 68.4 Å². The van der Waals surface area contributed by atoms with Crippen LogP contribution in [-0.2, 0) is 16.1 Å². The lowest BCUT2D eigenvalue weighted by Gasteiger charge is -2.09. The smallest absolute Gasteiger partial charge is 0.262 e. The third-order valence-corrected chi connectivity index (χ3v) is 5.01. The summed E-state index contributed by atoms with van der Waals surface area (Å²) in [5.74, 6) is -0.191. The Balaban J connectivity index is 1.53. The van der Waals surface area contributed by atoms with Gasteiger partial charge in [0.05, 0.1) is 0 Å². The van der Waals surface area contributed by atoms with Crippen molar-refractivity contribution in [3.8, 4) is 11.8 Å². The van der Waals surface area contributed by atoms with Gasteiger partial charge in [-0.3, -0.25) is 9.59 Å². The highest BCUT2D eigenvalue weighted by Gasteiger charge is 2.09. The Labute approximate surface area is 193 Å². The molecule has 6 nitrogen and oxygen atoms in total. The van der Waals surface area contributed by atoms with Gasteiger partial charge in [0.25, 0.3) is 11.8 Å². The monoisotopic (exact) mass is 439 g/mol. The molecule has 0 atom stereocenters. The summed E-state index contributed by atoms with van der Waals surface area (Å²) in [5.41, 5.74) is 4.61. The summed E-state index contributed by atoms with van der Waals surface area (Å²) in [7, 11) is 0. The fourth-order valence-electron chi connectivity index (χ4n) is 3.01. The Morgan fingerprint density at radius 3 is 2.36 bits per heavy atom. The van der Waals surface area contributed by atoms with Crippen molar-refractivity contribution in [1.29, 1.82) is 5.26 Å². The molecule has 0 radical (unpaired) electrons. The van der Waals surface area contributed by atoms with Crippen LogP contribution in [0.4, 0.5) is 5.69 Å². The van der Waals surface area contributed by atoms with Gasteiger partial charge in [0.1, 0.15) is 17.4 Å². The van der Waals surface area contributed by atoms with Crippen LogP contribution >= 0.6 is 0 Å². The molecule has 2 N–H and O–H groups in total. The van der Waals surface area contributed by atoms with E-state index in [0.717, 1.165) is 22.4 Å². The number of nitriles is 1. The molecule has 0 fully saturated rings. The maximum absolute atomic E-state index is 12.3. The number of nitrogens with one attached hydrogen (secondary N) is 2. The minimum atomic E-state index is -0.440. The Hall–Kier alpha value is -4.37. The van der Waals surface area contributed by atoms with E-state index in [1.54, 1.807) is 24.3 Å². The zero-order valence-corrected chi connectivity index (χ0v) is 18.6. The first kappa shape index (κ1) is 23.3. The van der Waals surface area contributed by atoms with Gasteiger partial charge in [0.15, 0.2) is 6.61 Å². The molecule has 2 amide bonds. The van der Waals surface area contributed by atoms with E-state index in [2.05, 4.69) is 10.6 Å². The van der Waals surface area contributed by atoms with E-state index in [4.69, 9.17) is 4.74 Å². The van der Waals surface area contributed by atoms with Crippen molar-refractivity contribution >= 4 is 23.6 Å². The van der Waals surface area contributed by atoms with Crippen LogP contribution in [0.5, 0.6) is 5.75 Å².